The van der Waals surface area contributed by atoms with Crippen molar-refractivity contribution in [3.63, 3.8) is 0 Å². The summed E-state index contributed by atoms with van der Waals surface area (Å²) >= 11 is 0. The van der Waals surface area contributed by atoms with Crippen LogP contribution in [0.25, 0.3) is 22.0 Å². The molecule has 1 heterocycles. The molecular weight excluding hydrogens is 362 g/mol. The molecular formula is C22H14F2N2O2. The Hall–Kier alpha value is -3.67. The molecule has 3 aromatic carbocycles. The van der Waals surface area contributed by atoms with E-state index in [1.165, 1.54) is 36.4 Å². The van der Waals surface area contributed by atoms with Crippen molar-refractivity contribution in [1.29, 1.82) is 0 Å². The van der Waals surface area contributed by atoms with Crippen LogP contribution in [0.15, 0.2) is 77.6 Å². The van der Waals surface area contributed by atoms with E-state index >= 15 is 0 Å². The first kappa shape index (κ1) is 17.7. The van der Waals surface area contributed by atoms with Crippen LogP contribution in [0.4, 0.5) is 8.78 Å². The van der Waals surface area contributed by atoms with Gasteiger partial charge in [-0.3, -0.25) is 9.59 Å². The van der Waals surface area contributed by atoms with Crippen molar-refractivity contribution in [3.05, 3.63) is 100 Å². The molecule has 0 aliphatic rings. The summed E-state index contributed by atoms with van der Waals surface area (Å²) in [5, 5.41) is 5.39. The molecule has 0 saturated carbocycles. The number of halogens is 2. The first-order valence-corrected chi connectivity index (χ1v) is 8.57. The molecule has 0 atom stereocenters. The van der Waals surface area contributed by atoms with Crippen molar-refractivity contribution >= 4 is 16.6 Å². The lowest BCUT2D eigenvalue weighted by Crippen LogP contribution is -2.27. The molecule has 0 fully saturated rings. The van der Waals surface area contributed by atoms with E-state index in [9.17, 15) is 18.4 Å². The van der Waals surface area contributed by atoms with E-state index in [2.05, 4.69) is 5.10 Å². The first-order chi connectivity index (χ1) is 13.5. The molecule has 0 radical (unpaired) electrons. The average molecular weight is 376 g/mol. The number of fused-ring (bicyclic) bond motifs is 1. The average Bonchev–Trinajstić information content (AvgIpc) is 2.71. The molecule has 4 rings (SSSR count). The number of ketones is 1. The summed E-state index contributed by atoms with van der Waals surface area (Å²) < 4.78 is 27.5. The van der Waals surface area contributed by atoms with E-state index in [0.717, 1.165) is 4.68 Å². The van der Waals surface area contributed by atoms with Crippen molar-refractivity contribution in [2.75, 3.05) is 0 Å². The zero-order valence-corrected chi connectivity index (χ0v) is 14.6. The van der Waals surface area contributed by atoms with Gasteiger partial charge in [0.05, 0.1) is 11.1 Å². The maximum absolute atomic E-state index is 13.3. The van der Waals surface area contributed by atoms with Crippen molar-refractivity contribution in [2.24, 2.45) is 0 Å². The van der Waals surface area contributed by atoms with Crippen LogP contribution in [0.5, 0.6) is 0 Å². The van der Waals surface area contributed by atoms with Gasteiger partial charge in [0.1, 0.15) is 18.2 Å². The predicted octanol–water partition coefficient (Wildman–Crippen LogP) is 4.22. The summed E-state index contributed by atoms with van der Waals surface area (Å²) in [4.78, 5) is 25.3. The van der Waals surface area contributed by atoms with E-state index in [1.807, 2.05) is 0 Å². The lowest BCUT2D eigenvalue weighted by Gasteiger charge is -2.11. The number of hydrogen-bond donors (Lipinski definition) is 0. The zero-order valence-electron chi connectivity index (χ0n) is 14.6. The highest BCUT2D eigenvalue weighted by molar-refractivity contribution is 5.97. The van der Waals surface area contributed by atoms with Crippen LogP contribution in [0.3, 0.4) is 0 Å². The van der Waals surface area contributed by atoms with Gasteiger partial charge in [0.15, 0.2) is 5.78 Å². The summed E-state index contributed by atoms with van der Waals surface area (Å²) in [6.45, 7) is -0.288. The largest absolute Gasteiger partial charge is 0.292 e. The molecule has 6 heteroatoms. The number of rotatable bonds is 4. The minimum atomic E-state index is -0.448. The fourth-order valence-electron chi connectivity index (χ4n) is 3.03. The van der Waals surface area contributed by atoms with Crippen molar-refractivity contribution < 1.29 is 13.6 Å². The summed E-state index contributed by atoms with van der Waals surface area (Å²) in [7, 11) is 0. The Morgan fingerprint density at radius 3 is 2.04 bits per heavy atom. The van der Waals surface area contributed by atoms with E-state index in [0.29, 0.717) is 22.0 Å². The Bertz CT molecular complexity index is 1230. The van der Waals surface area contributed by atoms with Crippen LogP contribution in [0.1, 0.15) is 10.4 Å². The van der Waals surface area contributed by atoms with E-state index < -0.39 is 11.4 Å². The highest BCUT2D eigenvalue weighted by Crippen LogP contribution is 2.24. The molecule has 0 aliphatic heterocycles. The Morgan fingerprint density at radius 2 is 1.39 bits per heavy atom. The molecule has 28 heavy (non-hydrogen) atoms. The Balaban J connectivity index is 1.83. The molecule has 1 aromatic heterocycles. The van der Waals surface area contributed by atoms with E-state index in [-0.39, 0.29) is 23.7 Å². The van der Waals surface area contributed by atoms with Crippen molar-refractivity contribution in [2.45, 2.75) is 6.54 Å². The van der Waals surface area contributed by atoms with Gasteiger partial charge in [0.2, 0.25) is 0 Å². The van der Waals surface area contributed by atoms with Gasteiger partial charge in [0.25, 0.3) is 5.56 Å². The fraction of sp³-hybridized carbons (Fsp3) is 0.0455. The second kappa shape index (κ2) is 7.15. The van der Waals surface area contributed by atoms with Crippen LogP contribution < -0.4 is 5.56 Å². The number of Topliss-reactive ketones (excluding diaryl/α,β-unsaturated/α-hetero) is 1. The van der Waals surface area contributed by atoms with Crippen LogP contribution >= 0.6 is 0 Å². The molecule has 4 nitrogen and oxygen atoms in total. The molecule has 0 aliphatic carbocycles. The molecule has 0 spiro atoms. The third kappa shape index (κ3) is 3.32. The number of aromatic nitrogens is 2. The first-order valence-electron chi connectivity index (χ1n) is 8.57. The molecule has 138 valence electrons. The number of carbonyl (C=O) groups excluding carboxylic acids is 1. The van der Waals surface area contributed by atoms with E-state index in [1.54, 1.807) is 36.4 Å². The summed E-state index contributed by atoms with van der Waals surface area (Å²) in [6, 6.07) is 17.8. The Morgan fingerprint density at radius 1 is 0.821 bits per heavy atom. The van der Waals surface area contributed by atoms with Gasteiger partial charge >= 0.3 is 0 Å². The number of benzene rings is 3. The predicted molar refractivity (Wildman–Crippen MR) is 102 cm³/mol. The maximum atomic E-state index is 13.3. The second-order valence-corrected chi connectivity index (χ2v) is 6.29. The summed E-state index contributed by atoms with van der Waals surface area (Å²) in [5.74, 6) is -1.20. The summed E-state index contributed by atoms with van der Waals surface area (Å²) in [5.41, 5.74) is 0.978. The fourth-order valence-corrected chi connectivity index (χ4v) is 3.03. The Kier molecular flexibility index (Phi) is 4.53. The minimum Gasteiger partial charge on any atom is -0.292 e. The van der Waals surface area contributed by atoms with Crippen LogP contribution in [0.2, 0.25) is 0 Å². The van der Waals surface area contributed by atoms with Gasteiger partial charge in [-0.25, -0.2) is 13.5 Å². The monoisotopic (exact) mass is 376 g/mol. The molecule has 0 bridgehead atoms. The third-order valence-corrected chi connectivity index (χ3v) is 4.44. The van der Waals surface area contributed by atoms with Crippen molar-refractivity contribution in [3.8, 4) is 11.3 Å². The Labute approximate surface area is 158 Å². The van der Waals surface area contributed by atoms with Crippen LogP contribution in [0, 0.1) is 11.6 Å². The normalized spacial score (nSPS) is 10.9. The summed E-state index contributed by atoms with van der Waals surface area (Å²) in [6.07, 6.45) is 0. The standard InChI is InChI=1S/C22H14F2N2O2/c23-16-9-5-14(6-10-16)20(27)13-26-22(28)19-4-2-1-3-18(19)21(25-26)15-7-11-17(24)12-8-15/h1-12H,13H2. The van der Waals surface area contributed by atoms with Gasteiger partial charge in [-0.05, 0) is 54.6 Å². The number of carbonyl (C=O) groups is 1. The molecule has 0 amide bonds. The lowest BCUT2D eigenvalue weighted by atomic mass is 10.0. The number of hydrogen-bond acceptors (Lipinski definition) is 3. The topological polar surface area (TPSA) is 52.0 Å². The number of nitrogens with zero attached hydrogens (tertiary/aromatic N) is 2. The van der Waals surface area contributed by atoms with Crippen LogP contribution in [-0.4, -0.2) is 15.6 Å². The van der Waals surface area contributed by atoms with Gasteiger partial charge in [0, 0.05) is 16.5 Å². The highest BCUT2D eigenvalue weighted by Gasteiger charge is 2.15. The van der Waals surface area contributed by atoms with Crippen molar-refractivity contribution in [1.82, 2.24) is 9.78 Å². The zero-order chi connectivity index (χ0) is 19.7. The van der Waals surface area contributed by atoms with Gasteiger partial charge < -0.3 is 0 Å². The smallest absolute Gasteiger partial charge is 0.275 e. The molecule has 0 N–H and O–H groups in total. The lowest BCUT2D eigenvalue weighted by molar-refractivity contribution is 0.0966. The third-order valence-electron chi connectivity index (χ3n) is 4.44. The van der Waals surface area contributed by atoms with E-state index in [4.69, 9.17) is 0 Å². The van der Waals surface area contributed by atoms with Gasteiger partial charge in [-0.2, -0.15) is 5.10 Å². The highest BCUT2D eigenvalue weighted by atomic mass is 19.1. The van der Waals surface area contributed by atoms with Gasteiger partial charge in [-0.1, -0.05) is 18.2 Å². The molecule has 0 saturated heterocycles. The maximum Gasteiger partial charge on any atom is 0.275 e. The van der Waals surface area contributed by atoms with Gasteiger partial charge in [-0.15, -0.1) is 0 Å². The molecule has 4 aromatic rings. The molecule has 0 unspecified atom stereocenters. The minimum absolute atomic E-state index is 0.284. The quantitative estimate of drug-likeness (QED) is 0.501. The second-order valence-electron chi connectivity index (χ2n) is 6.29. The van der Waals surface area contributed by atoms with Crippen LogP contribution in [-0.2, 0) is 6.54 Å². The SMILES string of the molecule is O=C(Cn1nc(-c2ccc(F)cc2)c2ccccc2c1=O)c1ccc(F)cc1.